The van der Waals surface area contributed by atoms with Crippen molar-refractivity contribution in [2.24, 2.45) is 5.10 Å². The third kappa shape index (κ3) is 3.77. The van der Waals surface area contributed by atoms with Gasteiger partial charge < -0.3 is 9.64 Å². The van der Waals surface area contributed by atoms with Crippen LogP contribution in [0.2, 0.25) is 0 Å². The molecule has 2 aromatic rings. The Morgan fingerprint density at radius 2 is 2.04 bits per heavy atom. The molecule has 1 aromatic heterocycles. The van der Waals surface area contributed by atoms with Crippen molar-refractivity contribution in [3.05, 3.63) is 52.2 Å². The molecule has 1 aliphatic heterocycles. The van der Waals surface area contributed by atoms with Gasteiger partial charge in [0, 0.05) is 20.4 Å². The Labute approximate surface area is 156 Å². The number of amides is 2. The lowest BCUT2D eigenvalue weighted by molar-refractivity contribution is -0.139. The van der Waals surface area contributed by atoms with Gasteiger partial charge in [-0.2, -0.15) is 5.10 Å². The summed E-state index contributed by atoms with van der Waals surface area (Å²) in [6.07, 6.45) is 0.641. The molecule has 2 heterocycles. The van der Waals surface area contributed by atoms with E-state index in [4.69, 9.17) is 4.74 Å². The van der Waals surface area contributed by atoms with E-state index in [0.29, 0.717) is 6.42 Å². The molecule has 7 heteroatoms. The van der Waals surface area contributed by atoms with Crippen LogP contribution in [0.4, 0.5) is 0 Å². The molecule has 136 valence electrons. The Balaban J connectivity index is 1.88. The van der Waals surface area contributed by atoms with Gasteiger partial charge in [-0.25, -0.2) is 5.01 Å². The summed E-state index contributed by atoms with van der Waals surface area (Å²) in [5.74, 6) is 0.413. The molecule has 1 aliphatic rings. The quantitative estimate of drug-likeness (QED) is 0.812. The van der Waals surface area contributed by atoms with Crippen molar-refractivity contribution >= 4 is 28.9 Å². The van der Waals surface area contributed by atoms with Gasteiger partial charge in [-0.05, 0) is 29.1 Å². The number of carbonyl (C=O) groups excluding carboxylic acids is 2. The zero-order valence-electron chi connectivity index (χ0n) is 15.0. The minimum atomic E-state index is -0.199. The molecule has 26 heavy (non-hydrogen) atoms. The van der Waals surface area contributed by atoms with Crippen molar-refractivity contribution in [1.29, 1.82) is 0 Å². The van der Waals surface area contributed by atoms with Gasteiger partial charge in [-0.15, -0.1) is 11.3 Å². The summed E-state index contributed by atoms with van der Waals surface area (Å²) in [5, 5.41) is 8.09. The van der Waals surface area contributed by atoms with Gasteiger partial charge in [0.25, 0.3) is 5.91 Å². The first-order valence-corrected chi connectivity index (χ1v) is 9.16. The Bertz CT molecular complexity index is 815. The summed E-state index contributed by atoms with van der Waals surface area (Å²) in [6.45, 7) is 1.45. The van der Waals surface area contributed by atoms with Crippen LogP contribution in [0, 0.1) is 0 Å². The second kappa shape index (κ2) is 7.70. The lowest BCUT2D eigenvalue weighted by Gasteiger charge is -2.24. The highest BCUT2D eigenvalue weighted by Crippen LogP contribution is 2.34. The smallest absolute Gasteiger partial charge is 0.262 e. The van der Waals surface area contributed by atoms with Crippen LogP contribution in [0.3, 0.4) is 0 Å². The van der Waals surface area contributed by atoms with Gasteiger partial charge >= 0.3 is 0 Å². The van der Waals surface area contributed by atoms with Crippen molar-refractivity contribution in [1.82, 2.24) is 9.91 Å². The monoisotopic (exact) mass is 371 g/mol. The maximum absolute atomic E-state index is 12.8. The standard InChI is InChI=1S/C19H21N3O3S/c1-13(23)21(2)12-19(24)22-17(14-6-8-15(25-3)9-7-14)11-16(20-22)18-5-4-10-26-18/h4-10,17H,11-12H2,1-3H3. The van der Waals surface area contributed by atoms with Crippen LogP contribution in [0.25, 0.3) is 0 Å². The van der Waals surface area contributed by atoms with Crippen LogP contribution in [0.1, 0.15) is 29.8 Å². The number of carbonyl (C=O) groups is 2. The van der Waals surface area contributed by atoms with Gasteiger partial charge in [-0.1, -0.05) is 18.2 Å². The van der Waals surface area contributed by atoms with E-state index in [0.717, 1.165) is 21.9 Å². The van der Waals surface area contributed by atoms with Crippen molar-refractivity contribution in [2.45, 2.75) is 19.4 Å². The predicted octanol–water partition coefficient (Wildman–Crippen LogP) is 2.91. The summed E-state index contributed by atoms with van der Waals surface area (Å²) >= 11 is 1.60. The van der Waals surface area contributed by atoms with E-state index in [9.17, 15) is 9.59 Å². The number of likely N-dealkylation sites (N-methyl/N-ethyl adjacent to an activating group) is 1. The molecular weight excluding hydrogens is 350 g/mol. The van der Waals surface area contributed by atoms with Gasteiger partial charge in [0.1, 0.15) is 12.3 Å². The van der Waals surface area contributed by atoms with E-state index in [2.05, 4.69) is 5.10 Å². The highest BCUT2D eigenvalue weighted by Gasteiger charge is 2.33. The second-order valence-electron chi connectivity index (χ2n) is 6.13. The molecule has 0 spiro atoms. The zero-order chi connectivity index (χ0) is 18.7. The molecule has 1 aromatic carbocycles. The van der Waals surface area contributed by atoms with Crippen LogP contribution in [-0.2, 0) is 9.59 Å². The van der Waals surface area contributed by atoms with E-state index < -0.39 is 0 Å². The van der Waals surface area contributed by atoms with Crippen LogP contribution in [-0.4, -0.2) is 48.1 Å². The molecule has 0 radical (unpaired) electrons. The Morgan fingerprint density at radius 3 is 2.62 bits per heavy atom. The number of nitrogens with zero attached hydrogens (tertiary/aromatic N) is 3. The third-order valence-electron chi connectivity index (χ3n) is 4.38. The highest BCUT2D eigenvalue weighted by atomic mass is 32.1. The summed E-state index contributed by atoms with van der Waals surface area (Å²) in [4.78, 5) is 26.7. The number of hydrazone groups is 1. The Morgan fingerprint density at radius 1 is 1.31 bits per heavy atom. The average Bonchev–Trinajstić information content (AvgIpc) is 3.31. The minimum absolute atomic E-state index is 0.00318. The van der Waals surface area contributed by atoms with Gasteiger partial charge in [0.15, 0.2) is 0 Å². The number of thiophene rings is 1. The third-order valence-corrected chi connectivity index (χ3v) is 5.30. The maximum Gasteiger partial charge on any atom is 0.262 e. The highest BCUT2D eigenvalue weighted by molar-refractivity contribution is 7.12. The molecule has 0 saturated carbocycles. The zero-order valence-corrected chi connectivity index (χ0v) is 15.8. The Kier molecular flexibility index (Phi) is 5.37. The van der Waals surface area contributed by atoms with Crippen LogP contribution < -0.4 is 4.74 Å². The molecule has 0 bridgehead atoms. The second-order valence-corrected chi connectivity index (χ2v) is 7.08. The van der Waals surface area contributed by atoms with Crippen molar-refractivity contribution in [3.63, 3.8) is 0 Å². The lowest BCUT2D eigenvalue weighted by Crippen LogP contribution is -2.38. The topological polar surface area (TPSA) is 62.2 Å². The average molecular weight is 371 g/mol. The van der Waals surface area contributed by atoms with Crippen molar-refractivity contribution < 1.29 is 14.3 Å². The van der Waals surface area contributed by atoms with Crippen molar-refractivity contribution in [2.75, 3.05) is 20.7 Å². The summed E-state index contributed by atoms with van der Waals surface area (Å²) < 4.78 is 5.21. The first kappa shape index (κ1) is 18.1. The van der Waals surface area contributed by atoms with Crippen LogP contribution in [0.15, 0.2) is 46.9 Å². The molecule has 3 rings (SSSR count). The van der Waals surface area contributed by atoms with E-state index >= 15 is 0 Å². The number of rotatable bonds is 5. The molecule has 0 aliphatic carbocycles. The molecule has 1 unspecified atom stereocenters. The number of ether oxygens (including phenoxy) is 1. The number of methoxy groups -OCH3 is 1. The van der Waals surface area contributed by atoms with Crippen LogP contribution >= 0.6 is 11.3 Å². The van der Waals surface area contributed by atoms with Crippen LogP contribution in [0.5, 0.6) is 5.75 Å². The first-order chi connectivity index (χ1) is 12.5. The van der Waals surface area contributed by atoms with Gasteiger partial charge in [0.2, 0.25) is 5.91 Å². The number of hydrogen-bond acceptors (Lipinski definition) is 5. The molecule has 6 nitrogen and oxygen atoms in total. The fraction of sp³-hybridized carbons (Fsp3) is 0.316. The van der Waals surface area contributed by atoms with E-state index in [1.807, 2.05) is 41.8 Å². The number of benzene rings is 1. The largest absolute Gasteiger partial charge is 0.497 e. The van der Waals surface area contributed by atoms with Crippen molar-refractivity contribution in [3.8, 4) is 5.75 Å². The minimum Gasteiger partial charge on any atom is -0.497 e. The molecule has 1 atom stereocenters. The summed E-state index contributed by atoms with van der Waals surface area (Å²) in [5.41, 5.74) is 1.87. The fourth-order valence-electron chi connectivity index (χ4n) is 2.80. The van der Waals surface area contributed by atoms with Gasteiger partial charge in [0.05, 0.1) is 23.7 Å². The molecule has 2 amide bonds. The van der Waals surface area contributed by atoms with Gasteiger partial charge in [-0.3, -0.25) is 9.59 Å². The number of hydrogen-bond donors (Lipinski definition) is 0. The SMILES string of the molecule is COc1ccc(C2CC(c3cccs3)=NN2C(=O)CN(C)C(C)=O)cc1. The molecule has 0 saturated heterocycles. The summed E-state index contributed by atoms with van der Waals surface area (Å²) in [7, 11) is 3.23. The molecule has 0 fully saturated rings. The van der Waals surface area contributed by atoms with E-state index in [1.165, 1.54) is 16.8 Å². The van der Waals surface area contributed by atoms with E-state index in [1.54, 1.807) is 25.5 Å². The molecular formula is C19H21N3O3S. The normalized spacial score (nSPS) is 16.3. The van der Waals surface area contributed by atoms with E-state index in [-0.39, 0.29) is 24.4 Å². The molecule has 0 N–H and O–H groups in total. The first-order valence-electron chi connectivity index (χ1n) is 8.28. The maximum atomic E-state index is 12.8. The fourth-order valence-corrected chi connectivity index (χ4v) is 3.53. The Hall–Kier alpha value is -2.67. The lowest BCUT2D eigenvalue weighted by atomic mass is 10.0. The summed E-state index contributed by atoms with van der Waals surface area (Å²) in [6, 6.07) is 11.4. The predicted molar refractivity (Wildman–Crippen MR) is 101 cm³/mol.